The van der Waals surface area contributed by atoms with Crippen LogP contribution in [-0.4, -0.2) is 22.0 Å². The molecule has 28 heavy (non-hydrogen) atoms. The molecule has 0 spiro atoms. The zero-order chi connectivity index (χ0) is 19.5. The molecule has 4 rings (SSSR count). The summed E-state index contributed by atoms with van der Waals surface area (Å²) in [6.07, 6.45) is 1.68. The summed E-state index contributed by atoms with van der Waals surface area (Å²) >= 11 is 0. The van der Waals surface area contributed by atoms with Gasteiger partial charge in [-0.1, -0.05) is 29.4 Å². The molecule has 2 amide bonds. The zero-order valence-corrected chi connectivity index (χ0v) is 15.0. The van der Waals surface area contributed by atoms with E-state index in [1.807, 2.05) is 24.3 Å². The second-order valence-electron chi connectivity index (χ2n) is 6.19. The van der Waals surface area contributed by atoms with Gasteiger partial charge in [0.25, 0.3) is 11.8 Å². The highest BCUT2D eigenvalue weighted by Gasteiger charge is 2.13. The van der Waals surface area contributed by atoms with Gasteiger partial charge in [0.05, 0.1) is 11.2 Å². The third-order valence-electron chi connectivity index (χ3n) is 4.14. The lowest BCUT2D eigenvalue weighted by atomic mass is 10.1. The van der Waals surface area contributed by atoms with Gasteiger partial charge in [0, 0.05) is 28.8 Å². The third kappa shape index (κ3) is 3.59. The van der Waals surface area contributed by atoms with Crippen molar-refractivity contribution in [2.24, 2.45) is 0 Å². The Labute approximate surface area is 160 Å². The van der Waals surface area contributed by atoms with E-state index in [4.69, 9.17) is 4.52 Å². The summed E-state index contributed by atoms with van der Waals surface area (Å²) in [5.41, 5.74) is 2.01. The van der Waals surface area contributed by atoms with Gasteiger partial charge < -0.3 is 15.2 Å². The van der Waals surface area contributed by atoms with Gasteiger partial charge in [-0.05, 0) is 37.3 Å². The zero-order valence-electron chi connectivity index (χ0n) is 15.0. The molecule has 0 saturated heterocycles. The van der Waals surface area contributed by atoms with E-state index in [9.17, 15) is 9.59 Å². The van der Waals surface area contributed by atoms with E-state index in [0.29, 0.717) is 33.9 Å². The number of carbonyl (C=O) groups is 2. The lowest BCUT2D eigenvalue weighted by molar-refractivity contribution is 0.102. The van der Waals surface area contributed by atoms with Crippen molar-refractivity contribution in [1.29, 1.82) is 0 Å². The van der Waals surface area contributed by atoms with Gasteiger partial charge in [-0.2, -0.15) is 0 Å². The molecule has 2 N–H and O–H groups in total. The Balaban J connectivity index is 1.55. The number of carbonyl (C=O) groups excluding carboxylic acids is 2. The van der Waals surface area contributed by atoms with Crippen LogP contribution in [0.25, 0.3) is 10.9 Å². The molecule has 0 radical (unpaired) electrons. The Kier molecular flexibility index (Phi) is 4.55. The third-order valence-corrected chi connectivity index (χ3v) is 4.14. The molecule has 0 aliphatic heterocycles. The van der Waals surface area contributed by atoms with Crippen molar-refractivity contribution in [3.8, 4) is 0 Å². The van der Waals surface area contributed by atoms with Crippen molar-refractivity contribution < 1.29 is 14.1 Å². The molecular formula is C21H16N4O3. The van der Waals surface area contributed by atoms with Crippen molar-refractivity contribution in [2.45, 2.75) is 6.92 Å². The minimum atomic E-state index is -0.380. The highest BCUT2D eigenvalue weighted by atomic mass is 16.5. The maximum absolute atomic E-state index is 12.7. The normalized spacial score (nSPS) is 10.6. The van der Waals surface area contributed by atoms with Crippen LogP contribution in [0.5, 0.6) is 0 Å². The number of nitrogens with one attached hydrogen (secondary N) is 2. The van der Waals surface area contributed by atoms with Crippen LogP contribution in [0.2, 0.25) is 0 Å². The maximum atomic E-state index is 12.7. The number of anilines is 2. The van der Waals surface area contributed by atoms with Crippen LogP contribution in [0.15, 0.2) is 71.4 Å². The van der Waals surface area contributed by atoms with E-state index < -0.39 is 0 Å². The van der Waals surface area contributed by atoms with Crippen LogP contribution in [0.1, 0.15) is 26.5 Å². The summed E-state index contributed by atoms with van der Waals surface area (Å²) in [7, 11) is 0. The number of amides is 2. The molecule has 138 valence electrons. The van der Waals surface area contributed by atoms with E-state index in [1.165, 1.54) is 6.07 Å². The standard InChI is InChI=1S/C21H16N4O3/c1-13-11-18(25-28-13)24-21(27)16-7-2-6-15(12-16)20(26)23-17-9-3-5-14-8-4-10-22-19(14)17/h2-12H,1H3,(H,23,26)(H,24,25,27). The van der Waals surface area contributed by atoms with Gasteiger partial charge in [0.2, 0.25) is 0 Å². The summed E-state index contributed by atoms with van der Waals surface area (Å²) in [5, 5.41) is 10.2. The summed E-state index contributed by atoms with van der Waals surface area (Å²) < 4.78 is 4.93. The predicted molar refractivity (Wildman–Crippen MR) is 105 cm³/mol. The van der Waals surface area contributed by atoms with Gasteiger partial charge in [-0.3, -0.25) is 14.6 Å². The Bertz CT molecular complexity index is 1180. The molecule has 4 aromatic rings. The fourth-order valence-electron chi connectivity index (χ4n) is 2.82. The molecule has 0 atom stereocenters. The fraction of sp³-hybridized carbons (Fsp3) is 0.0476. The number of pyridine rings is 1. The number of fused-ring (bicyclic) bond motifs is 1. The number of rotatable bonds is 4. The van der Waals surface area contributed by atoms with Crippen LogP contribution in [-0.2, 0) is 0 Å². The number of nitrogens with zero attached hydrogens (tertiary/aromatic N) is 2. The van der Waals surface area contributed by atoms with Crippen molar-refractivity contribution in [3.63, 3.8) is 0 Å². The SMILES string of the molecule is Cc1cc(NC(=O)c2cccc(C(=O)Nc3cccc4cccnc34)c2)no1. The molecule has 0 aliphatic carbocycles. The first-order chi connectivity index (χ1) is 13.6. The first-order valence-corrected chi connectivity index (χ1v) is 8.60. The minimum absolute atomic E-state index is 0.319. The van der Waals surface area contributed by atoms with Crippen LogP contribution in [0.4, 0.5) is 11.5 Å². The summed E-state index contributed by atoms with van der Waals surface area (Å²) in [6.45, 7) is 1.73. The average molecular weight is 372 g/mol. The quantitative estimate of drug-likeness (QED) is 0.564. The second-order valence-corrected chi connectivity index (χ2v) is 6.19. The number of aryl methyl sites for hydroxylation is 1. The van der Waals surface area contributed by atoms with Crippen molar-refractivity contribution >= 4 is 34.2 Å². The molecule has 2 aromatic heterocycles. The van der Waals surface area contributed by atoms with Crippen molar-refractivity contribution in [2.75, 3.05) is 10.6 Å². The van der Waals surface area contributed by atoms with Gasteiger partial charge in [0.1, 0.15) is 5.76 Å². The smallest absolute Gasteiger partial charge is 0.256 e. The van der Waals surface area contributed by atoms with Crippen molar-refractivity contribution in [1.82, 2.24) is 10.1 Å². The van der Waals surface area contributed by atoms with Gasteiger partial charge in [0.15, 0.2) is 5.82 Å². The average Bonchev–Trinajstić information content (AvgIpc) is 3.13. The molecule has 0 saturated carbocycles. The molecule has 2 heterocycles. The Morgan fingerprint density at radius 3 is 2.36 bits per heavy atom. The minimum Gasteiger partial charge on any atom is -0.360 e. The Morgan fingerprint density at radius 1 is 0.893 bits per heavy atom. The molecule has 0 bridgehead atoms. The largest absolute Gasteiger partial charge is 0.360 e. The highest BCUT2D eigenvalue weighted by Crippen LogP contribution is 2.21. The van der Waals surface area contributed by atoms with Gasteiger partial charge in [-0.25, -0.2) is 0 Å². The fourth-order valence-corrected chi connectivity index (χ4v) is 2.82. The number of aromatic nitrogens is 2. The Morgan fingerprint density at radius 2 is 1.61 bits per heavy atom. The van der Waals surface area contributed by atoms with E-state index in [0.717, 1.165) is 5.39 Å². The molecule has 0 aliphatic rings. The first kappa shape index (κ1) is 17.4. The molecule has 7 nitrogen and oxygen atoms in total. The van der Waals surface area contributed by atoms with E-state index in [2.05, 4.69) is 20.8 Å². The topological polar surface area (TPSA) is 97.1 Å². The molecular weight excluding hydrogens is 356 g/mol. The lowest BCUT2D eigenvalue weighted by Crippen LogP contribution is -2.16. The van der Waals surface area contributed by atoms with Crippen molar-refractivity contribution in [3.05, 3.63) is 83.7 Å². The van der Waals surface area contributed by atoms with E-state index in [-0.39, 0.29) is 11.8 Å². The van der Waals surface area contributed by atoms with Crippen LogP contribution in [0.3, 0.4) is 0 Å². The molecule has 0 unspecified atom stereocenters. The lowest BCUT2D eigenvalue weighted by Gasteiger charge is -2.09. The van der Waals surface area contributed by atoms with E-state index >= 15 is 0 Å². The van der Waals surface area contributed by atoms with Crippen LogP contribution < -0.4 is 10.6 Å². The maximum Gasteiger partial charge on any atom is 0.256 e. The van der Waals surface area contributed by atoms with Gasteiger partial charge in [-0.15, -0.1) is 0 Å². The van der Waals surface area contributed by atoms with Gasteiger partial charge >= 0.3 is 0 Å². The van der Waals surface area contributed by atoms with Crippen LogP contribution >= 0.6 is 0 Å². The number of hydrogen-bond donors (Lipinski definition) is 2. The number of benzene rings is 2. The first-order valence-electron chi connectivity index (χ1n) is 8.60. The molecule has 2 aromatic carbocycles. The monoisotopic (exact) mass is 372 g/mol. The summed E-state index contributed by atoms with van der Waals surface area (Å²) in [4.78, 5) is 29.4. The Hall–Kier alpha value is -4.00. The predicted octanol–water partition coefficient (Wildman–Crippen LogP) is 4.04. The highest BCUT2D eigenvalue weighted by molar-refractivity contribution is 6.10. The number of hydrogen-bond acceptors (Lipinski definition) is 5. The molecule has 7 heteroatoms. The summed E-state index contributed by atoms with van der Waals surface area (Å²) in [5.74, 6) is 0.200. The summed E-state index contributed by atoms with van der Waals surface area (Å²) in [6, 6.07) is 17.4. The van der Waals surface area contributed by atoms with E-state index in [1.54, 1.807) is 43.5 Å². The number of para-hydroxylation sites is 1. The van der Waals surface area contributed by atoms with Crippen LogP contribution in [0, 0.1) is 6.92 Å². The second kappa shape index (κ2) is 7.32. The molecule has 0 fully saturated rings.